The van der Waals surface area contributed by atoms with Gasteiger partial charge in [0.05, 0.1) is 0 Å². The van der Waals surface area contributed by atoms with Crippen molar-refractivity contribution >= 4 is 11.8 Å². The Bertz CT molecular complexity index is 150. The minimum absolute atomic E-state index is 0.414. The normalized spacial score (nSPS) is 25.5. The van der Waals surface area contributed by atoms with Crippen molar-refractivity contribution in [3.8, 4) is 0 Å². The summed E-state index contributed by atoms with van der Waals surface area (Å²) in [7, 11) is 0. The summed E-state index contributed by atoms with van der Waals surface area (Å²) in [6.45, 7) is 10.0. The lowest BCUT2D eigenvalue weighted by molar-refractivity contribution is 0.131. The molecule has 0 amide bonds. The van der Waals surface area contributed by atoms with E-state index in [2.05, 4.69) is 39.5 Å². The van der Waals surface area contributed by atoms with Crippen LogP contribution >= 0.6 is 11.8 Å². The smallest absolute Gasteiger partial charge is 0.0295 e. The van der Waals surface area contributed by atoms with E-state index in [1.165, 1.54) is 12.8 Å². The first-order valence-corrected chi connectivity index (χ1v) is 5.65. The highest BCUT2D eigenvalue weighted by Gasteiger charge is 2.48. The lowest BCUT2D eigenvalue weighted by Crippen LogP contribution is -2.52. The summed E-state index contributed by atoms with van der Waals surface area (Å²) >= 11 is 2.07. The molecule has 0 atom stereocenters. The van der Waals surface area contributed by atoms with Crippen LogP contribution in [0.3, 0.4) is 0 Å². The average molecular weight is 187 g/mol. The van der Waals surface area contributed by atoms with Gasteiger partial charge in [0, 0.05) is 11.3 Å². The van der Waals surface area contributed by atoms with Gasteiger partial charge in [-0.25, -0.2) is 0 Å². The Labute approximate surface area is 80.5 Å². The SMILES string of the molecule is CC(C)SC1(CN)CC(C)(C)C1. The Balaban J connectivity index is 2.47. The first-order valence-electron chi connectivity index (χ1n) is 4.77. The zero-order chi connectivity index (χ0) is 9.41. The van der Waals surface area contributed by atoms with E-state index in [1.54, 1.807) is 0 Å². The van der Waals surface area contributed by atoms with Gasteiger partial charge in [-0.2, -0.15) is 11.8 Å². The molecule has 0 saturated heterocycles. The Morgan fingerprint density at radius 3 is 2.08 bits per heavy atom. The maximum atomic E-state index is 5.82. The predicted octanol–water partition coefficient (Wildman–Crippen LogP) is 2.65. The zero-order valence-corrected chi connectivity index (χ0v) is 9.50. The van der Waals surface area contributed by atoms with Crippen LogP contribution < -0.4 is 5.73 Å². The topological polar surface area (TPSA) is 26.0 Å². The van der Waals surface area contributed by atoms with Crippen LogP contribution in [0.1, 0.15) is 40.5 Å². The molecule has 72 valence electrons. The second kappa shape index (κ2) is 3.22. The van der Waals surface area contributed by atoms with Gasteiger partial charge in [-0.15, -0.1) is 0 Å². The molecule has 0 heterocycles. The summed E-state index contributed by atoms with van der Waals surface area (Å²) in [6.07, 6.45) is 2.58. The Hall–Kier alpha value is 0.310. The van der Waals surface area contributed by atoms with Crippen LogP contribution in [-0.2, 0) is 0 Å². The van der Waals surface area contributed by atoms with Crippen molar-refractivity contribution in [1.82, 2.24) is 0 Å². The van der Waals surface area contributed by atoms with E-state index in [1.807, 2.05) is 0 Å². The highest BCUT2D eigenvalue weighted by molar-refractivity contribution is 8.01. The number of hydrogen-bond donors (Lipinski definition) is 1. The first kappa shape index (κ1) is 10.4. The molecule has 1 aliphatic carbocycles. The van der Waals surface area contributed by atoms with Crippen LogP contribution in [0.2, 0.25) is 0 Å². The van der Waals surface area contributed by atoms with Gasteiger partial charge in [0.25, 0.3) is 0 Å². The molecule has 0 aliphatic heterocycles. The average Bonchev–Trinajstić information content (AvgIpc) is 1.81. The number of thioether (sulfide) groups is 1. The van der Waals surface area contributed by atoms with E-state index >= 15 is 0 Å². The second-order valence-electron chi connectivity index (χ2n) is 5.07. The number of hydrogen-bond acceptors (Lipinski definition) is 2. The zero-order valence-electron chi connectivity index (χ0n) is 8.68. The highest BCUT2D eigenvalue weighted by atomic mass is 32.2. The lowest BCUT2D eigenvalue weighted by atomic mass is 9.64. The van der Waals surface area contributed by atoms with Crippen LogP contribution in [0, 0.1) is 5.41 Å². The molecular weight excluding hydrogens is 166 g/mol. The van der Waals surface area contributed by atoms with Gasteiger partial charge < -0.3 is 5.73 Å². The van der Waals surface area contributed by atoms with E-state index < -0.39 is 0 Å². The highest BCUT2D eigenvalue weighted by Crippen LogP contribution is 2.55. The van der Waals surface area contributed by atoms with Crippen molar-refractivity contribution in [1.29, 1.82) is 0 Å². The van der Waals surface area contributed by atoms with Crippen molar-refractivity contribution in [2.24, 2.45) is 11.1 Å². The van der Waals surface area contributed by atoms with E-state index in [0.29, 0.717) is 15.4 Å². The van der Waals surface area contributed by atoms with Crippen LogP contribution in [-0.4, -0.2) is 16.5 Å². The third kappa shape index (κ3) is 2.17. The summed E-state index contributed by atoms with van der Waals surface area (Å²) in [5.74, 6) is 0. The van der Waals surface area contributed by atoms with Crippen LogP contribution in [0.15, 0.2) is 0 Å². The largest absolute Gasteiger partial charge is 0.329 e. The van der Waals surface area contributed by atoms with Gasteiger partial charge in [0.15, 0.2) is 0 Å². The maximum absolute atomic E-state index is 5.82. The van der Waals surface area contributed by atoms with Crippen molar-refractivity contribution in [2.75, 3.05) is 6.54 Å². The van der Waals surface area contributed by atoms with Gasteiger partial charge in [0.2, 0.25) is 0 Å². The second-order valence-corrected chi connectivity index (χ2v) is 7.12. The molecule has 0 unspecified atom stereocenters. The summed E-state index contributed by atoms with van der Waals surface area (Å²) in [6, 6.07) is 0. The summed E-state index contributed by atoms with van der Waals surface area (Å²) in [5, 5.41) is 0.713. The first-order chi connectivity index (χ1) is 5.39. The number of rotatable bonds is 3. The Kier molecular flexibility index (Phi) is 2.79. The standard InChI is InChI=1S/C10H21NS/c1-8(2)12-10(7-11)5-9(3,4)6-10/h8H,5-7,11H2,1-4H3. The molecule has 1 fully saturated rings. The van der Waals surface area contributed by atoms with Crippen molar-refractivity contribution in [3.05, 3.63) is 0 Å². The Morgan fingerprint density at radius 1 is 1.33 bits per heavy atom. The van der Waals surface area contributed by atoms with Gasteiger partial charge in [-0.1, -0.05) is 27.7 Å². The van der Waals surface area contributed by atoms with Crippen LogP contribution in [0.5, 0.6) is 0 Å². The lowest BCUT2D eigenvalue weighted by Gasteiger charge is -2.53. The third-order valence-corrected chi connectivity index (χ3v) is 3.89. The molecular formula is C10H21NS. The van der Waals surface area contributed by atoms with Crippen LogP contribution in [0.4, 0.5) is 0 Å². The molecule has 0 aromatic rings. The molecule has 1 aliphatic rings. The van der Waals surface area contributed by atoms with Crippen molar-refractivity contribution in [3.63, 3.8) is 0 Å². The molecule has 1 saturated carbocycles. The molecule has 1 nitrogen and oxygen atoms in total. The van der Waals surface area contributed by atoms with E-state index in [9.17, 15) is 0 Å². The molecule has 0 aromatic carbocycles. The molecule has 0 radical (unpaired) electrons. The quantitative estimate of drug-likeness (QED) is 0.735. The van der Waals surface area contributed by atoms with Gasteiger partial charge in [-0.05, 0) is 23.5 Å². The van der Waals surface area contributed by atoms with E-state index in [4.69, 9.17) is 5.73 Å². The predicted molar refractivity (Wildman–Crippen MR) is 57.5 cm³/mol. The number of nitrogens with two attached hydrogens (primary N) is 1. The van der Waals surface area contributed by atoms with Gasteiger partial charge in [0.1, 0.15) is 0 Å². The summed E-state index contributed by atoms with van der Waals surface area (Å²) in [5.41, 5.74) is 6.36. The van der Waals surface area contributed by atoms with Crippen molar-refractivity contribution in [2.45, 2.75) is 50.5 Å². The fourth-order valence-electron chi connectivity index (χ4n) is 2.47. The minimum atomic E-state index is 0.414. The van der Waals surface area contributed by atoms with E-state index in [0.717, 1.165) is 6.54 Å². The molecule has 0 spiro atoms. The van der Waals surface area contributed by atoms with Gasteiger partial charge in [-0.3, -0.25) is 0 Å². The molecule has 0 aromatic heterocycles. The monoisotopic (exact) mass is 187 g/mol. The summed E-state index contributed by atoms with van der Waals surface area (Å²) < 4.78 is 0.414. The molecule has 2 heteroatoms. The molecule has 0 bridgehead atoms. The van der Waals surface area contributed by atoms with Crippen LogP contribution in [0.25, 0.3) is 0 Å². The molecule has 2 N–H and O–H groups in total. The fraction of sp³-hybridized carbons (Fsp3) is 1.00. The maximum Gasteiger partial charge on any atom is 0.0295 e. The molecule has 1 rings (SSSR count). The third-order valence-electron chi connectivity index (χ3n) is 2.46. The fourth-order valence-corrected chi connectivity index (χ4v) is 4.51. The minimum Gasteiger partial charge on any atom is -0.329 e. The van der Waals surface area contributed by atoms with Gasteiger partial charge >= 0.3 is 0 Å². The Morgan fingerprint density at radius 2 is 1.83 bits per heavy atom. The summed E-state index contributed by atoms with van der Waals surface area (Å²) in [4.78, 5) is 0. The molecule has 12 heavy (non-hydrogen) atoms. The van der Waals surface area contributed by atoms with E-state index in [-0.39, 0.29) is 0 Å². The van der Waals surface area contributed by atoms with Crippen molar-refractivity contribution < 1.29 is 0 Å².